The van der Waals surface area contributed by atoms with Crippen molar-refractivity contribution in [3.05, 3.63) is 0 Å². The fourth-order valence-electron chi connectivity index (χ4n) is 3.04. The summed E-state index contributed by atoms with van der Waals surface area (Å²) in [6.07, 6.45) is 8.09. The maximum atomic E-state index is 3.80. The molecular formula is C13H26N2. The fraction of sp³-hybridized carbons (Fsp3) is 1.00. The molecule has 3 fully saturated rings. The second-order valence-corrected chi connectivity index (χ2v) is 5.52. The molecule has 2 bridgehead atoms. The second-order valence-electron chi connectivity index (χ2n) is 5.52. The lowest BCUT2D eigenvalue weighted by Crippen LogP contribution is -2.42. The van der Waals surface area contributed by atoms with Crippen molar-refractivity contribution < 1.29 is 0 Å². The Balaban J connectivity index is 2.04. The first-order valence-electron chi connectivity index (χ1n) is 6.75. The third-order valence-corrected chi connectivity index (χ3v) is 4.76. The molecule has 0 aromatic heterocycles. The van der Waals surface area contributed by atoms with Gasteiger partial charge in [0, 0.05) is 25.2 Å². The van der Waals surface area contributed by atoms with Crippen molar-refractivity contribution in [1.29, 1.82) is 0 Å². The lowest BCUT2D eigenvalue weighted by atomic mass is 9.82. The number of nitrogens with one attached hydrogen (secondary N) is 2. The maximum Gasteiger partial charge on any atom is 0.00684 e. The zero-order valence-electron chi connectivity index (χ0n) is 10.3. The van der Waals surface area contributed by atoms with Crippen LogP contribution in [0.25, 0.3) is 0 Å². The Labute approximate surface area is 94.2 Å². The van der Waals surface area contributed by atoms with Crippen molar-refractivity contribution in [2.24, 2.45) is 5.41 Å². The van der Waals surface area contributed by atoms with Crippen molar-refractivity contribution in [2.45, 2.75) is 64.5 Å². The maximum absolute atomic E-state index is 3.80. The molecule has 0 atom stereocenters. The van der Waals surface area contributed by atoms with E-state index in [0.29, 0.717) is 5.41 Å². The summed E-state index contributed by atoms with van der Waals surface area (Å²) < 4.78 is 0. The third-order valence-electron chi connectivity index (χ3n) is 4.76. The van der Waals surface area contributed by atoms with Gasteiger partial charge < -0.3 is 10.6 Å². The van der Waals surface area contributed by atoms with Gasteiger partial charge in [-0.15, -0.1) is 0 Å². The van der Waals surface area contributed by atoms with E-state index in [9.17, 15) is 0 Å². The molecule has 2 N–H and O–H groups in total. The van der Waals surface area contributed by atoms with E-state index in [1.165, 1.54) is 51.6 Å². The van der Waals surface area contributed by atoms with Crippen molar-refractivity contribution in [3.8, 4) is 0 Å². The van der Waals surface area contributed by atoms with Crippen LogP contribution in [0.4, 0.5) is 0 Å². The van der Waals surface area contributed by atoms with Crippen LogP contribution in [0, 0.1) is 5.41 Å². The second kappa shape index (κ2) is 4.84. The summed E-state index contributed by atoms with van der Waals surface area (Å²) in [6, 6.07) is 1.61. The lowest BCUT2D eigenvalue weighted by Gasteiger charge is -2.32. The van der Waals surface area contributed by atoms with Crippen LogP contribution in [-0.4, -0.2) is 25.2 Å². The Morgan fingerprint density at radius 3 is 1.60 bits per heavy atom. The van der Waals surface area contributed by atoms with Gasteiger partial charge in [0.25, 0.3) is 0 Å². The van der Waals surface area contributed by atoms with Crippen molar-refractivity contribution in [2.75, 3.05) is 13.1 Å². The molecule has 2 nitrogen and oxygen atoms in total. The van der Waals surface area contributed by atoms with Crippen LogP contribution in [0.15, 0.2) is 0 Å². The Morgan fingerprint density at radius 2 is 1.27 bits per heavy atom. The van der Waals surface area contributed by atoms with Crippen molar-refractivity contribution >= 4 is 0 Å². The molecule has 0 spiro atoms. The number of hydrogen-bond acceptors (Lipinski definition) is 2. The SMILES string of the molecule is CCC1(CC)CNC2CCC(CC2)NC1. The Bertz CT molecular complexity index is 173. The van der Waals surface area contributed by atoms with Crippen LogP contribution in [0.5, 0.6) is 0 Å². The van der Waals surface area contributed by atoms with E-state index < -0.39 is 0 Å². The minimum atomic E-state index is 0.505. The number of hydrogen-bond donors (Lipinski definition) is 2. The van der Waals surface area contributed by atoms with Gasteiger partial charge in [-0.05, 0) is 43.9 Å². The molecule has 0 amide bonds. The van der Waals surface area contributed by atoms with Crippen LogP contribution in [0.2, 0.25) is 0 Å². The predicted octanol–water partition coefficient (Wildman–Crippen LogP) is 2.30. The van der Waals surface area contributed by atoms with Gasteiger partial charge in [-0.3, -0.25) is 0 Å². The van der Waals surface area contributed by atoms with Crippen molar-refractivity contribution in [3.63, 3.8) is 0 Å². The fourth-order valence-corrected chi connectivity index (χ4v) is 3.04. The van der Waals surface area contributed by atoms with Gasteiger partial charge in [0.2, 0.25) is 0 Å². The molecule has 0 aromatic carbocycles. The molecule has 2 heterocycles. The highest BCUT2D eigenvalue weighted by molar-refractivity contribution is 4.90. The topological polar surface area (TPSA) is 24.1 Å². The van der Waals surface area contributed by atoms with E-state index in [1.54, 1.807) is 0 Å². The minimum Gasteiger partial charge on any atom is -0.313 e. The van der Waals surface area contributed by atoms with Crippen LogP contribution >= 0.6 is 0 Å². The summed E-state index contributed by atoms with van der Waals surface area (Å²) in [5, 5.41) is 7.60. The lowest BCUT2D eigenvalue weighted by molar-refractivity contribution is 0.235. The standard InChI is InChI=1S/C13H26N2/c1-3-13(4-2)9-14-11-5-6-12(8-7-11)15-10-13/h11-12,14-15H,3-10H2,1-2H3. The highest BCUT2D eigenvalue weighted by Gasteiger charge is 2.31. The summed E-state index contributed by atoms with van der Waals surface area (Å²) in [5.74, 6) is 0. The van der Waals surface area contributed by atoms with Crippen LogP contribution < -0.4 is 10.6 Å². The van der Waals surface area contributed by atoms with Crippen LogP contribution in [0.1, 0.15) is 52.4 Å². The van der Waals surface area contributed by atoms with E-state index in [4.69, 9.17) is 0 Å². The summed E-state index contributed by atoms with van der Waals surface area (Å²) in [7, 11) is 0. The smallest absolute Gasteiger partial charge is 0.00684 e. The average molecular weight is 210 g/mol. The molecule has 88 valence electrons. The number of fused-ring (bicyclic) bond motifs is 6. The van der Waals surface area contributed by atoms with Crippen LogP contribution in [-0.2, 0) is 0 Å². The zero-order chi connectivity index (χ0) is 10.7. The molecule has 15 heavy (non-hydrogen) atoms. The molecule has 3 aliphatic rings. The van der Waals surface area contributed by atoms with Gasteiger partial charge in [0.1, 0.15) is 0 Å². The van der Waals surface area contributed by atoms with Gasteiger partial charge in [0.05, 0.1) is 0 Å². The monoisotopic (exact) mass is 210 g/mol. The Morgan fingerprint density at radius 1 is 0.867 bits per heavy atom. The van der Waals surface area contributed by atoms with E-state index in [1.807, 2.05) is 0 Å². The van der Waals surface area contributed by atoms with Gasteiger partial charge in [-0.1, -0.05) is 13.8 Å². The van der Waals surface area contributed by atoms with E-state index in [-0.39, 0.29) is 0 Å². The predicted molar refractivity (Wildman–Crippen MR) is 65.1 cm³/mol. The molecule has 2 saturated heterocycles. The van der Waals surface area contributed by atoms with Crippen LogP contribution in [0.3, 0.4) is 0 Å². The largest absolute Gasteiger partial charge is 0.313 e. The van der Waals surface area contributed by atoms with Gasteiger partial charge in [-0.25, -0.2) is 0 Å². The van der Waals surface area contributed by atoms with E-state index in [2.05, 4.69) is 24.5 Å². The summed E-state index contributed by atoms with van der Waals surface area (Å²) >= 11 is 0. The molecule has 2 aliphatic heterocycles. The summed E-state index contributed by atoms with van der Waals surface area (Å²) in [5.41, 5.74) is 0.505. The van der Waals surface area contributed by atoms with Gasteiger partial charge in [0.15, 0.2) is 0 Å². The van der Waals surface area contributed by atoms with Gasteiger partial charge >= 0.3 is 0 Å². The van der Waals surface area contributed by atoms with E-state index in [0.717, 1.165) is 12.1 Å². The first kappa shape index (κ1) is 11.4. The van der Waals surface area contributed by atoms with Gasteiger partial charge in [-0.2, -0.15) is 0 Å². The van der Waals surface area contributed by atoms with E-state index >= 15 is 0 Å². The molecule has 1 aliphatic carbocycles. The normalized spacial score (nSPS) is 35.6. The molecule has 0 unspecified atom stereocenters. The third kappa shape index (κ3) is 2.54. The molecular weight excluding hydrogens is 184 g/mol. The number of rotatable bonds is 2. The first-order chi connectivity index (χ1) is 7.28. The quantitative estimate of drug-likeness (QED) is 0.731. The highest BCUT2D eigenvalue weighted by Crippen LogP contribution is 2.29. The Kier molecular flexibility index (Phi) is 3.68. The average Bonchev–Trinajstić information content (AvgIpc) is 2.44. The molecule has 3 rings (SSSR count). The zero-order valence-corrected chi connectivity index (χ0v) is 10.3. The summed E-state index contributed by atoms with van der Waals surface area (Å²) in [4.78, 5) is 0. The minimum absolute atomic E-state index is 0.505. The molecule has 0 radical (unpaired) electrons. The molecule has 1 saturated carbocycles. The Hall–Kier alpha value is -0.0800. The highest BCUT2D eigenvalue weighted by atomic mass is 15.0. The first-order valence-corrected chi connectivity index (χ1v) is 6.75. The molecule has 0 aromatic rings. The molecule has 2 heteroatoms. The van der Waals surface area contributed by atoms with Crippen molar-refractivity contribution in [1.82, 2.24) is 10.6 Å². The summed E-state index contributed by atoms with van der Waals surface area (Å²) in [6.45, 7) is 7.11.